The highest BCUT2D eigenvalue weighted by Crippen LogP contribution is 2.14. The highest BCUT2D eigenvalue weighted by Gasteiger charge is 2.23. The van der Waals surface area contributed by atoms with E-state index in [9.17, 15) is 4.79 Å². The van der Waals surface area contributed by atoms with E-state index in [-0.39, 0.29) is 11.7 Å². The second kappa shape index (κ2) is 10.0. The molecule has 1 fully saturated rings. The van der Waals surface area contributed by atoms with Crippen LogP contribution in [0.5, 0.6) is 0 Å². The molecule has 0 unspecified atom stereocenters. The van der Waals surface area contributed by atoms with E-state index in [0.717, 1.165) is 36.5 Å². The van der Waals surface area contributed by atoms with Crippen molar-refractivity contribution in [3.8, 4) is 12.8 Å². The summed E-state index contributed by atoms with van der Waals surface area (Å²) >= 11 is 4.08. The quantitative estimate of drug-likeness (QED) is 0.434. The Bertz CT molecular complexity index is 437. The van der Waals surface area contributed by atoms with Crippen molar-refractivity contribution in [2.24, 2.45) is 0 Å². The molecule has 0 aromatic heterocycles. The van der Waals surface area contributed by atoms with Crippen molar-refractivity contribution < 1.29 is 9.53 Å². The molecule has 1 heterocycles. The van der Waals surface area contributed by atoms with E-state index in [1.54, 1.807) is 4.90 Å². The molecule has 0 aliphatic carbocycles. The molecule has 0 atom stereocenters. The third-order valence-electron chi connectivity index (χ3n) is 2.65. The van der Waals surface area contributed by atoms with Crippen LogP contribution in [0.4, 0.5) is 10.5 Å². The molecule has 22 heavy (non-hydrogen) atoms. The minimum atomic E-state index is -0.361. The number of amides is 1. The number of benzene rings is 1. The second-order valence-corrected chi connectivity index (χ2v) is 6.28. The SMILES string of the molecule is C#C.CC(C)(C)OC(=O)N1CCCC1.Nc1ccc(S)cc1. The van der Waals surface area contributed by atoms with E-state index in [4.69, 9.17) is 10.5 Å². The van der Waals surface area contributed by atoms with Crippen molar-refractivity contribution in [1.82, 2.24) is 4.90 Å². The van der Waals surface area contributed by atoms with Gasteiger partial charge in [-0.05, 0) is 57.9 Å². The van der Waals surface area contributed by atoms with Gasteiger partial charge in [-0.25, -0.2) is 4.79 Å². The van der Waals surface area contributed by atoms with Gasteiger partial charge in [0.15, 0.2) is 0 Å². The van der Waals surface area contributed by atoms with Crippen LogP contribution in [0.3, 0.4) is 0 Å². The number of nitrogen functional groups attached to an aromatic ring is 1. The lowest BCUT2D eigenvalue weighted by Gasteiger charge is -2.23. The maximum Gasteiger partial charge on any atom is 0.410 e. The largest absolute Gasteiger partial charge is 0.444 e. The molecule has 0 saturated carbocycles. The number of terminal acetylenes is 1. The zero-order valence-corrected chi connectivity index (χ0v) is 14.5. The molecule has 2 rings (SSSR count). The van der Waals surface area contributed by atoms with Crippen LogP contribution < -0.4 is 5.73 Å². The molecule has 0 bridgehead atoms. The molecule has 0 radical (unpaired) electrons. The summed E-state index contributed by atoms with van der Waals surface area (Å²) in [6.07, 6.45) is 10.1. The Balaban J connectivity index is 0.000000382. The Kier molecular flexibility index (Phi) is 9.20. The van der Waals surface area contributed by atoms with Crippen molar-refractivity contribution in [2.45, 2.75) is 44.1 Å². The molecule has 0 spiro atoms. The number of carbonyl (C=O) groups excluding carboxylic acids is 1. The summed E-state index contributed by atoms with van der Waals surface area (Å²) < 4.78 is 5.21. The van der Waals surface area contributed by atoms with Crippen molar-refractivity contribution in [3.05, 3.63) is 24.3 Å². The van der Waals surface area contributed by atoms with E-state index < -0.39 is 0 Å². The summed E-state index contributed by atoms with van der Waals surface area (Å²) in [4.78, 5) is 14.1. The molecular formula is C17H26N2O2S. The molecular weight excluding hydrogens is 296 g/mol. The number of rotatable bonds is 0. The number of nitrogens with zero attached hydrogens (tertiary/aromatic N) is 1. The van der Waals surface area contributed by atoms with E-state index in [2.05, 4.69) is 25.5 Å². The van der Waals surface area contributed by atoms with Crippen molar-refractivity contribution in [2.75, 3.05) is 18.8 Å². The number of carbonyl (C=O) groups is 1. The summed E-state index contributed by atoms with van der Waals surface area (Å²) in [6.45, 7) is 7.38. The number of thiol groups is 1. The number of ether oxygens (including phenoxy) is 1. The van der Waals surface area contributed by atoms with Gasteiger partial charge in [-0.2, -0.15) is 0 Å². The standard InChI is InChI=1S/C9H17NO2.C6H7NS.C2H2/c1-9(2,3)12-8(11)10-6-4-5-7-10;7-5-1-3-6(8)4-2-5;1-2/h4-7H2,1-3H3;1-4,8H,7H2;1-2H. The van der Waals surface area contributed by atoms with Gasteiger partial charge in [0.05, 0.1) is 0 Å². The molecule has 1 aliphatic rings. The van der Waals surface area contributed by atoms with Crippen molar-refractivity contribution in [3.63, 3.8) is 0 Å². The Morgan fingerprint density at radius 1 is 1.18 bits per heavy atom. The van der Waals surface area contributed by atoms with Crippen LogP contribution >= 0.6 is 12.6 Å². The fourth-order valence-electron chi connectivity index (χ4n) is 1.70. The fourth-order valence-corrected chi connectivity index (χ4v) is 1.85. The highest BCUT2D eigenvalue weighted by atomic mass is 32.1. The molecule has 122 valence electrons. The van der Waals surface area contributed by atoms with E-state index in [1.165, 1.54) is 0 Å². The van der Waals surface area contributed by atoms with Gasteiger partial charge in [0.2, 0.25) is 0 Å². The van der Waals surface area contributed by atoms with Crippen LogP contribution in [0.1, 0.15) is 33.6 Å². The van der Waals surface area contributed by atoms with E-state index >= 15 is 0 Å². The first-order valence-corrected chi connectivity index (χ1v) is 7.58. The van der Waals surface area contributed by atoms with Gasteiger partial charge in [0.25, 0.3) is 0 Å². The number of likely N-dealkylation sites (tertiary alicyclic amines) is 1. The zero-order valence-electron chi connectivity index (χ0n) is 13.6. The normalized spacial score (nSPS) is 13.3. The maximum atomic E-state index is 11.4. The Labute approximate surface area is 139 Å². The molecule has 4 nitrogen and oxygen atoms in total. The van der Waals surface area contributed by atoms with Crippen LogP contribution in [-0.4, -0.2) is 29.7 Å². The van der Waals surface area contributed by atoms with Gasteiger partial charge in [-0.3, -0.25) is 0 Å². The van der Waals surface area contributed by atoms with Gasteiger partial charge in [0.1, 0.15) is 5.60 Å². The summed E-state index contributed by atoms with van der Waals surface area (Å²) in [5.74, 6) is 0. The van der Waals surface area contributed by atoms with Gasteiger partial charge >= 0.3 is 6.09 Å². The topological polar surface area (TPSA) is 55.6 Å². The van der Waals surface area contributed by atoms with Gasteiger partial charge in [0, 0.05) is 23.7 Å². The predicted molar refractivity (Wildman–Crippen MR) is 95.0 cm³/mol. The van der Waals surface area contributed by atoms with Crippen molar-refractivity contribution >= 4 is 24.4 Å². The van der Waals surface area contributed by atoms with Crippen LogP contribution in [0.15, 0.2) is 29.2 Å². The zero-order chi connectivity index (χ0) is 17.2. The summed E-state index contributed by atoms with van der Waals surface area (Å²) in [7, 11) is 0. The lowest BCUT2D eigenvalue weighted by atomic mass is 10.2. The lowest BCUT2D eigenvalue weighted by Crippen LogP contribution is -2.34. The first-order chi connectivity index (χ1) is 10.3. The van der Waals surface area contributed by atoms with Crippen LogP contribution in [0.25, 0.3) is 0 Å². The smallest absolute Gasteiger partial charge is 0.410 e. The molecule has 1 aliphatic heterocycles. The highest BCUT2D eigenvalue weighted by molar-refractivity contribution is 7.80. The second-order valence-electron chi connectivity index (χ2n) is 5.77. The molecule has 1 aromatic carbocycles. The van der Waals surface area contributed by atoms with Gasteiger partial charge in [-0.15, -0.1) is 25.5 Å². The molecule has 1 saturated heterocycles. The predicted octanol–water partition coefficient (Wildman–Crippen LogP) is 3.82. The molecule has 1 aromatic rings. The van der Waals surface area contributed by atoms with Crippen LogP contribution in [0, 0.1) is 12.8 Å². The first-order valence-electron chi connectivity index (χ1n) is 7.14. The monoisotopic (exact) mass is 322 g/mol. The van der Waals surface area contributed by atoms with Crippen molar-refractivity contribution in [1.29, 1.82) is 0 Å². The van der Waals surface area contributed by atoms with Gasteiger partial charge < -0.3 is 15.4 Å². The molecule has 2 N–H and O–H groups in total. The molecule has 1 amide bonds. The summed E-state index contributed by atoms with van der Waals surface area (Å²) in [5.41, 5.74) is 5.81. The minimum absolute atomic E-state index is 0.167. The first kappa shape index (κ1) is 20.2. The average Bonchev–Trinajstić information content (AvgIpc) is 2.97. The third kappa shape index (κ3) is 9.19. The lowest BCUT2D eigenvalue weighted by molar-refractivity contribution is 0.0295. The number of hydrogen-bond acceptors (Lipinski definition) is 4. The average molecular weight is 322 g/mol. The summed E-state index contributed by atoms with van der Waals surface area (Å²) in [5, 5.41) is 0. The van der Waals surface area contributed by atoms with E-state index in [0.29, 0.717) is 0 Å². The van der Waals surface area contributed by atoms with Crippen LogP contribution in [0.2, 0.25) is 0 Å². The number of anilines is 1. The number of hydrogen-bond donors (Lipinski definition) is 2. The van der Waals surface area contributed by atoms with Gasteiger partial charge in [-0.1, -0.05) is 0 Å². The van der Waals surface area contributed by atoms with E-state index in [1.807, 2.05) is 45.0 Å². The Morgan fingerprint density at radius 2 is 1.64 bits per heavy atom. The summed E-state index contributed by atoms with van der Waals surface area (Å²) in [6, 6.07) is 7.36. The van der Waals surface area contributed by atoms with Crippen LogP contribution in [-0.2, 0) is 4.74 Å². The Hall–Kier alpha value is -1.80. The third-order valence-corrected chi connectivity index (χ3v) is 2.95. The maximum absolute atomic E-state index is 11.4. The molecule has 5 heteroatoms. The Morgan fingerprint density at radius 3 is 2.00 bits per heavy atom. The fraction of sp³-hybridized carbons (Fsp3) is 0.471. The minimum Gasteiger partial charge on any atom is -0.444 e. The number of nitrogens with two attached hydrogens (primary N) is 1.